The lowest BCUT2D eigenvalue weighted by atomic mass is 10.1. The average molecular weight is 448 g/mol. The van der Waals surface area contributed by atoms with E-state index in [2.05, 4.69) is 4.98 Å². The van der Waals surface area contributed by atoms with Crippen LogP contribution in [0, 0.1) is 0 Å². The predicted molar refractivity (Wildman–Crippen MR) is 107 cm³/mol. The number of oxazole rings is 1. The van der Waals surface area contributed by atoms with Gasteiger partial charge in [0.05, 0.1) is 28.8 Å². The lowest BCUT2D eigenvalue weighted by Gasteiger charge is -2.11. The van der Waals surface area contributed by atoms with Crippen molar-refractivity contribution in [3.63, 3.8) is 0 Å². The van der Waals surface area contributed by atoms with E-state index in [1.165, 1.54) is 7.11 Å². The lowest BCUT2D eigenvalue weighted by molar-refractivity contribution is -0.137. The summed E-state index contributed by atoms with van der Waals surface area (Å²) in [4.78, 5) is 16.4. The Bertz CT molecular complexity index is 1280. The third-order valence-electron chi connectivity index (χ3n) is 4.41. The second kappa shape index (κ2) is 7.96. The van der Waals surface area contributed by atoms with Crippen molar-refractivity contribution >= 4 is 28.7 Å². The van der Waals surface area contributed by atoms with Crippen LogP contribution in [0.3, 0.4) is 0 Å². The molecule has 0 saturated carbocycles. The summed E-state index contributed by atoms with van der Waals surface area (Å²) in [5.41, 5.74) is 0.741. The number of hydrogen-bond acceptors (Lipinski definition) is 5. The number of esters is 1. The predicted octanol–water partition coefficient (Wildman–Crippen LogP) is 6.75. The number of carbonyl (C=O) groups excluding carboxylic acids is 1. The number of hydrogen-bond donors (Lipinski definition) is 0. The summed E-state index contributed by atoms with van der Waals surface area (Å²) in [6.07, 6.45) is -4.50. The highest BCUT2D eigenvalue weighted by atomic mass is 35.5. The number of alkyl halides is 3. The molecule has 9 heteroatoms. The maximum Gasteiger partial charge on any atom is 0.416 e. The normalized spacial score (nSPS) is 11.5. The van der Waals surface area contributed by atoms with Gasteiger partial charge in [0.15, 0.2) is 5.58 Å². The number of carbonyl (C=O) groups is 1. The Labute approximate surface area is 179 Å². The van der Waals surface area contributed by atoms with Gasteiger partial charge < -0.3 is 13.9 Å². The molecule has 158 valence electrons. The Kier molecular flexibility index (Phi) is 5.32. The Morgan fingerprint density at radius 3 is 2.55 bits per heavy atom. The minimum absolute atomic E-state index is 0.0637. The van der Waals surface area contributed by atoms with Crippen LogP contribution in [-0.4, -0.2) is 18.1 Å². The molecule has 1 heterocycles. The fourth-order valence-electron chi connectivity index (χ4n) is 2.93. The van der Waals surface area contributed by atoms with Crippen molar-refractivity contribution in [1.29, 1.82) is 0 Å². The molecule has 0 saturated heterocycles. The fourth-order valence-corrected chi connectivity index (χ4v) is 3.15. The van der Waals surface area contributed by atoms with Crippen molar-refractivity contribution in [3.8, 4) is 23.0 Å². The molecule has 0 aliphatic rings. The summed E-state index contributed by atoms with van der Waals surface area (Å²) >= 11 is 5.95. The molecular formula is C22H13ClF3NO4. The molecule has 4 rings (SSSR count). The SMILES string of the molecule is COC(=O)c1ccccc1-c1nc2cc(Oc3ccc(C(F)(F)F)cc3Cl)ccc2o1. The molecule has 5 nitrogen and oxygen atoms in total. The van der Waals surface area contributed by atoms with Gasteiger partial charge in [0, 0.05) is 6.07 Å². The standard InChI is InChI=1S/C22H13ClF3NO4/c1-29-21(28)15-5-3-2-4-14(15)20-27-17-11-13(7-9-19(17)31-20)30-18-8-6-12(10-16(18)23)22(24,25)26/h2-11H,1H3. The van der Waals surface area contributed by atoms with Gasteiger partial charge in [-0.1, -0.05) is 23.7 Å². The molecule has 0 atom stereocenters. The number of rotatable bonds is 4. The average Bonchev–Trinajstić information content (AvgIpc) is 3.17. The molecular weight excluding hydrogens is 435 g/mol. The van der Waals surface area contributed by atoms with E-state index < -0.39 is 17.7 Å². The Balaban J connectivity index is 1.66. The number of aromatic nitrogens is 1. The van der Waals surface area contributed by atoms with Crippen LogP contribution in [0.1, 0.15) is 15.9 Å². The first-order chi connectivity index (χ1) is 14.8. The van der Waals surface area contributed by atoms with E-state index in [-0.39, 0.29) is 16.7 Å². The van der Waals surface area contributed by atoms with Crippen LogP contribution in [0.25, 0.3) is 22.6 Å². The first-order valence-corrected chi connectivity index (χ1v) is 9.27. The van der Waals surface area contributed by atoms with E-state index >= 15 is 0 Å². The minimum Gasteiger partial charge on any atom is -0.465 e. The zero-order chi connectivity index (χ0) is 22.2. The van der Waals surface area contributed by atoms with Gasteiger partial charge in [-0.25, -0.2) is 9.78 Å². The number of fused-ring (bicyclic) bond motifs is 1. The van der Waals surface area contributed by atoms with E-state index in [0.29, 0.717) is 28.0 Å². The first kappa shape index (κ1) is 20.7. The molecule has 0 fully saturated rings. The van der Waals surface area contributed by atoms with Gasteiger partial charge in [-0.3, -0.25) is 0 Å². The second-order valence-electron chi connectivity index (χ2n) is 6.43. The van der Waals surface area contributed by atoms with E-state index in [0.717, 1.165) is 18.2 Å². The van der Waals surface area contributed by atoms with Crippen LogP contribution in [-0.2, 0) is 10.9 Å². The van der Waals surface area contributed by atoms with Crippen LogP contribution < -0.4 is 4.74 Å². The summed E-state index contributed by atoms with van der Waals surface area (Å²) in [5.74, 6) is 0.0450. The first-order valence-electron chi connectivity index (χ1n) is 8.89. The molecule has 0 N–H and O–H groups in total. The van der Waals surface area contributed by atoms with Gasteiger partial charge >= 0.3 is 12.1 Å². The van der Waals surface area contributed by atoms with Gasteiger partial charge in [-0.2, -0.15) is 13.2 Å². The molecule has 4 aromatic rings. The number of ether oxygens (including phenoxy) is 2. The van der Waals surface area contributed by atoms with Crippen molar-refractivity contribution in [3.05, 3.63) is 76.8 Å². The largest absolute Gasteiger partial charge is 0.465 e. The Morgan fingerprint density at radius 1 is 1.06 bits per heavy atom. The maximum absolute atomic E-state index is 12.8. The number of halogens is 4. The van der Waals surface area contributed by atoms with Gasteiger partial charge in [0.1, 0.15) is 17.0 Å². The van der Waals surface area contributed by atoms with E-state index in [1.54, 1.807) is 42.5 Å². The molecule has 0 spiro atoms. The van der Waals surface area contributed by atoms with Crippen molar-refractivity contribution in [2.75, 3.05) is 7.11 Å². The molecule has 31 heavy (non-hydrogen) atoms. The maximum atomic E-state index is 12.8. The Hall–Kier alpha value is -3.52. The Morgan fingerprint density at radius 2 is 1.84 bits per heavy atom. The number of nitrogens with zero attached hydrogens (tertiary/aromatic N) is 1. The second-order valence-corrected chi connectivity index (χ2v) is 6.84. The minimum atomic E-state index is -4.50. The van der Waals surface area contributed by atoms with Gasteiger partial charge in [0.25, 0.3) is 0 Å². The summed E-state index contributed by atoms with van der Waals surface area (Å²) < 4.78 is 54.5. The molecule has 0 bridgehead atoms. The highest BCUT2D eigenvalue weighted by Gasteiger charge is 2.31. The van der Waals surface area contributed by atoms with Crippen molar-refractivity contribution in [1.82, 2.24) is 4.98 Å². The third kappa shape index (κ3) is 4.20. The quantitative estimate of drug-likeness (QED) is 0.324. The summed E-state index contributed by atoms with van der Waals surface area (Å²) in [5, 5.41) is -0.178. The van der Waals surface area contributed by atoms with Crippen LogP contribution in [0.2, 0.25) is 5.02 Å². The van der Waals surface area contributed by atoms with Crippen LogP contribution in [0.5, 0.6) is 11.5 Å². The van der Waals surface area contributed by atoms with Crippen molar-refractivity contribution in [2.45, 2.75) is 6.18 Å². The highest BCUT2D eigenvalue weighted by Crippen LogP contribution is 2.37. The fraction of sp³-hybridized carbons (Fsp3) is 0.0909. The van der Waals surface area contributed by atoms with Gasteiger partial charge in [0.2, 0.25) is 5.89 Å². The van der Waals surface area contributed by atoms with Gasteiger partial charge in [-0.05, 0) is 42.5 Å². The van der Waals surface area contributed by atoms with Crippen LogP contribution >= 0.6 is 11.6 Å². The highest BCUT2D eigenvalue weighted by molar-refractivity contribution is 6.32. The summed E-state index contributed by atoms with van der Waals surface area (Å²) in [6, 6.07) is 14.2. The molecule has 0 radical (unpaired) electrons. The molecule has 0 aliphatic carbocycles. The number of benzene rings is 3. The van der Waals surface area contributed by atoms with Crippen LogP contribution in [0.15, 0.2) is 65.1 Å². The topological polar surface area (TPSA) is 61.6 Å². The zero-order valence-electron chi connectivity index (χ0n) is 15.9. The lowest BCUT2D eigenvalue weighted by Crippen LogP contribution is -2.04. The van der Waals surface area contributed by atoms with Crippen LogP contribution in [0.4, 0.5) is 13.2 Å². The van der Waals surface area contributed by atoms with E-state index in [1.807, 2.05) is 0 Å². The summed E-state index contributed by atoms with van der Waals surface area (Å²) in [6.45, 7) is 0. The zero-order valence-corrected chi connectivity index (χ0v) is 16.6. The molecule has 1 aromatic heterocycles. The van der Waals surface area contributed by atoms with Gasteiger partial charge in [-0.15, -0.1) is 0 Å². The van der Waals surface area contributed by atoms with Crippen molar-refractivity contribution in [2.24, 2.45) is 0 Å². The molecule has 3 aromatic carbocycles. The molecule has 0 aliphatic heterocycles. The smallest absolute Gasteiger partial charge is 0.416 e. The number of methoxy groups -OCH3 is 1. The van der Waals surface area contributed by atoms with E-state index in [9.17, 15) is 18.0 Å². The molecule has 0 amide bonds. The van der Waals surface area contributed by atoms with E-state index in [4.69, 9.17) is 25.5 Å². The monoisotopic (exact) mass is 447 g/mol. The van der Waals surface area contributed by atoms with Crippen molar-refractivity contribution < 1.29 is 31.9 Å². The third-order valence-corrected chi connectivity index (χ3v) is 4.70. The molecule has 0 unspecified atom stereocenters. The summed E-state index contributed by atoms with van der Waals surface area (Å²) in [7, 11) is 1.28.